The molecule has 1 saturated heterocycles. The van der Waals surface area contributed by atoms with Gasteiger partial charge in [0.15, 0.2) is 40.2 Å². The number of fused-ring (bicyclic) bond motifs is 3. The zero-order valence-electron chi connectivity index (χ0n) is 31.7. The summed E-state index contributed by atoms with van der Waals surface area (Å²) in [5.74, 6) is -1.06. The van der Waals surface area contributed by atoms with Crippen LogP contribution in [0.1, 0.15) is 50.9 Å². The quantitative estimate of drug-likeness (QED) is 0.0554. The second kappa shape index (κ2) is 15.9. The van der Waals surface area contributed by atoms with Crippen molar-refractivity contribution in [2.45, 2.75) is 25.2 Å². The Bertz CT molecular complexity index is 2240. The van der Waals surface area contributed by atoms with Gasteiger partial charge >= 0.3 is 11.7 Å². The van der Waals surface area contributed by atoms with Gasteiger partial charge in [0.25, 0.3) is 5.91 Å². The number of esters is 1. The van der Waals surface area contributed by atoms with E-state index in [1.807, 2.05) is 0 Å². The van der Waals surface area contributed by atoms with Crippen molar-refractivity contribution in [3.05, 3.63) is 104 Å². The monoisotopic (exact) mass is 784 g/mol. The summed E-state index contributed by atoms with van der Waals surface area (Å²) in [5, 5.41) is 35.8. The second-order valence-corrected chi connectivity index (χ2v) is 13.4. The number of cyclic esters (lactones) is 1. The van der Waals surface area contributed by atoms with E-state index in [1.54, 1.807) is 42.5 Å². The van der Waals surface area contributed by atoms with Gasteiger partial charge in [-0.3, -0.25) is 19.7 Å². The average Bonchev–Trinajstić information content (AvgIpc) is 3.86. The Labute approximate surface area is 326 Å². The smallest absolute Gasteiger partial charge is 0.311 e. The van der Waals surface area contributed by atoms with Crippen LogP contribution in [0.4, 0.5) is 5.69 Å². The predicted molar refractivity (Wildman–Crippen MR) is 202 cm³/mol. The molecular weight excluding hydrogens is 744 g/mol. The predicted octanol–water partition coefficient (Wildman–Crippen LogP) is 4.68. The number of amides is 1. The van der Waals surface area contributed by atoms with E-state index in [-0.39, 0.29) is 48.5 Å². The molecule has 7 rings (SSSR count). The number of carbonyl (C=O) groups excluding carboxylic acids is 2. The molecule has 0 aromatic heterocycles. The van der Waals surface area contributed by atoms with Crippen LogP contribution in [0.2, 0.25) is 0 Å². The zero-order valence-corrected chi connectivity index (χ0v) is 31.7. The largest absolute Gasteiger partial charge is 0.493 e. The molecule has 16 nitrogen and oxygen atoms in total. The first-order chi connectivity index (χ1) is 27.6. The normalized spacial score (nSPS) is 19.2. The molecule has 4 atom stereocenters. The Morgan fingerprint density at radius 1 is 0.825 bits per heavy atom. The van der Waals surface area contributed by atoms with Gasteiger partial charge in [-0.2, -0.15) is 0 Å². The van der Waals surface area contributed by atoms with Crippen LogP contribution in [0.3, 0.4) is 0 Å². The lowest BCUT2D eigenvalue weighted by molar-refractivity contribution is -0.385. The third-order valence-electron chi connectivity index (χ3n) is 10.6. The second-order valence-electron chi connectivity index (χ2n) is 13.4. The SMILES string of the molecule is COc1ccc(C=C(C(=O)N[C@@H]2c3cc4c(cc3[C@@H](c3cc(CO)c(OC)c(OC)c3)[C@H]3C(=O)OC[C@@H]32)OCO4)c2cc(CO)c(OC)c(OC)c2)cc1[N+](=O)[O-]. The molecule has 0 unspecified atom stereocenters. The van der Waals surface area contributed by atoms with E-state index < -0.39 is 47.2 Å². The topological polar surface area (TPSA) is 204 Å². The lowest BCUT2D eigenvalue weighted by atomic mass is 9.65. The molecule has 2 aliphatic heterocycles. The first kappa shape index (κ1) is 38.7. The lowest BCUT2D eigenvalue weighted by Crippen LogP contribution is -2.43. The zero-order chi connectivity index (χ0) is 40.5. The third-order valence-corrected chi connectivity index (χ3v) is 10.6. The highest BCUT2D eigenvalue weighted by molar-refractivity contribution is 6.24. The summed E-state index contributed by atoms with van der Waals surface area (Å²) in [6, 6.07) is 13.6. The Morgan fingerprint density at radius 3 is 2.07 bits per heavy atom. The Hall–Kier alpha value is -6.52. The molecule has 57 heavy (non-hydrogen) atoms. The fourth-order valence-electron chi connectivity index (χ4n) is 8.03. The molecule has 16 heteroatoms. The molecule has 0 bridgehead atoms. The fourth-order valence-corrected chi connectivity index (χ4v) is 8.03. The molecule has 2 heterocycles. The summed E-state index contributed by atoms with van der Waals surface area (Å²) in [5.41, 5.74) is 2.99. The first-order valence-electron chi connectivity index (χ1n) is 17.8. The maximum Gasteiger partial charge on any atom is 0.311 e. The number of aliphatic hydroxyl groups is 2. The molecule has 4 aromatic carbocycles. The van der Waals surface area contributed by atoms with E-state index >= 15 is 0 Å². The molecule has 0 spiro atoms. The number of hydrogen-bond donors (Lipinski definition) is 3. The van der Waals surface area contributed by atoms with E-state index in [4.69, 9.17) is 37.9 Å². The van der Waals surface area contributed by atoms with E-state index in [1.165, 1.54) is 53.8 Å². The number of carbonyl (C=O) groups is 2. The molecule has 3 N–H and O–H groups in total. The van der Waals surface area contributed by atoms with Crippen LogP contribution in [-0.2, 0) is 27.5 Å². The van der Waals surface area contributed by atoms with Crippen molar-refractivity contribution < 1.29 is 62.6 Å². The molecule has 4 aromatic rings. The van der Waals surface area contributed by atoms with Gasteiger partial charge in [0.2, 0.25) is 6.79 Å². The molecule has 3 aliphatic rings. The molecule has 0 saturated carbocycles. The minimum Gasteiger partial charge on any atom is -0.493 e. The van der Waals surface area contributed by atoms with Gasteiger partial charge < -0.3 is 53.4 Å². The Kier molecular flexibility index (Phi) is 10.8. The minimum absolute atomic E-state index is 0.0291. The number of hydrogen-bond acceptors (Lipinski definition) is 14. The van der Waals surface area contributed by atoms with Crippen molar-refractivity contribution in [1.29, 1.82) is 0 Å². The van der Waals surface area contributed by atoms with Gasteiger partial charge in [-0.25, -0.2) is 0 Å². The van der Waals surface area contributed by atoms with Gasteiger partial charge in [0, 0.05) is 34.6 Å². The van der Waals surface area contributed by atoms with Crippen LogP contribution >= 0.6 is 0 Å². The van der Waals surface area contributed by atoms with Crippen LogP contribution in [-0.4, -0.2) is 76.0 Å². The van der Waals surface area contributed by atoms with Crippen molar-refractivity contribution in [3.8, 4) is 40.2 Å². The van der Waals surface area contributed by atoms with Gasteiger partial charge in [-0.1, -0.05) is 6.07 Å². The van der Waals surface area contributed by atoms with Crippen molar-refractivity contribution >= 4 is 29.2 Å². The van der Waals surface area contributed by atoms with E-state index in [0.717, 1.165) is 0 Å². The molecule has 0 radical (unpaired) electrons. The summed E-state index contributed by atoms with van der Waals surface area (Å²) in [4.78, 5) is 40.1. The highest BCUT2D eigenvalue weighted by Crippen LogP contribution is 2.55. The van der Waals surface area contributed by atoms with Crippen molar-refractivity contribution in [1.82, 2.24) is 5.32 Å². The Balaban J connectivity index is 1.40. The number of aliphatic hydroxyl groups excluding tert-OH is 2. The number of methoxy groups -OCH3 is 5. The summed E-state index contributed by atoms with van der Waals surface area (Å²) in [6.07, 6.45) is 1.48. The van der Waals surface area contributed by atoms with E-state index in [2.05, 4.69) is 5.32 Å². The maximum atomic E-state index is 14.9. The third kappa shape index (κ3) is 6.86. The molecule has 298 valence electrons. The first-order valence-corrected chi connectivity index (χ1v) is 17.8. The Morgan fingerprint density at radius 2 is 1.46 bits per heavy atom. The van der Waals surface area contributed by atoms with Crippen molar-refractivity contribution in [2.24, 2.45) is 11.8 Å². The minimum atomic E-state index is -0.835. The molecule has 1 fully saturated rings. The van der Waals surface area contributed by atoms with Gasteiger partial charge in [-0.05, 0) is 76.4 Å². The maximum absolute atomic E-state index is 14.9. The van der Waals surface area contributed by atoms with Gasteiger partial charge in [-0.15, -0.1) is 0 Å². The summed E-state index contributed by atoms with van der Waals surface area (Å²) in [6.45, 7) is -0.898. The van der Waals surface area contributed by atoms with Crippen LogP contribution < -0.4 is 38.5 Å². The number of nitrogens with one attached hydrogen (secondary N) is 1. The van der Waals surface area contributed by atoms with Crippen LogP contribution in [0.15, 0.2) is 54.6 Å². The molecule has 1 amide bonds. The summed E-state index contributed by atoms with van der Waals surface area (Å²) < 4.78 is 44.7. The van der Waals surface area contributed by atoms with Crippen molar-refractivity contribution in [3.63, 3.8) is 0 Å². The van der Waals surface area contributed by atoms with Crippen LogP contribution in [0, 0.1) is 22.0 Å². The summed E-state index contributed by atoms with van der Waals surface area (Å²) in [7, 11) is 7.10. The highest BCUT2D eigenvalue weighted by Gasteiger charge is 2.53. The van der Waals surface area contributed by atoms with Crippen LogP contribution in [0.25, 0.3) is 11.6 Å². The van der Waals surface area contributed by atoms with Crippen LogP contribution in [0.5, 0.6) is 40.2 Å². The van der Waals surface area contributed by atoms with Crippen molar-refractivity contribution in [2.75, 3.05) is 48.9 Å². The number of nitrogens with zero attached hydrogens (tertiary/aromatic N) is 1. The number of rotatable bonds is 13. The highest BCUT2D eigenvalue weighted by atomic mass is 16.7. The lowest BCUT2D eigenvalue weighted by Gasteiger charge is -2.39. The molecular formula is C41H40N2O14. The fraction of sp³-hybridized carbons (Fsp3) is 0.317. The standard InChI is InChI=1S/C41H40N2O14/c1-50-30-7-6-20(9-29(30)43(48)49)8-25(21-10-23(16-44)38(53-4)33(12-21)51-2)40(46)42-37-27-15-32-31(56-19-57-32)14-26(27)35(36-28(37)18-55-41(36)47)22-11-24(17-45)39(54-5)34(13-22)52-3/h6-15,28,35-37,44-45H,16-19H2,1-5H3,(H,42,46)/t28-,35+,36-,37+/m0/s1. The number of nitro benzene ring substituents is 1. The number of ether oxygens (including phenoxy) is 8. The average molecular weight is 785 g/mol. The van der Waals surface area contributed by atoms with Gasteiger partial charge in [0.1, 0.15) is 0 Å². The molecule has 1 aliphatic carbocycles. The number of nitro groups is 1. The summed E-state index contributed by atoms with van der Waals surface area (Å²) >= 11 is 0. The van der Waals surface area contributed by atoms with E-state index in [9.17, 15) is 29.9 Å². The number of benzene rings is 4. The van der Waals surface area contributed by atoms with Gasteiger partial charge in [0.05, 0.1) is 72.3 Å². The van der Waals surface area contributed by atoms with E-state index in [0.29, 0.717) is 61.9 Å².